The first-order valence-corrected chi connectivity index (χ1v) is 7.40. The van der Waals surface area contributed by atoms with Gasteiger partial charge in [-0.25, -0.2) is 4.39 Å². The van der Waals surface area contributed by atoms with Crippen molar-refractivity contribution in [1.82, 2.24) is 0 Å². The number of halogens is 2. The molecule has 0 saturated carbocycles. The van der Waals surface area contributed by atoms with Crippen molar-refractivity contribution in [2.45, 2.75) is 33.7 Å². The van der Waals surface area contributed by atoms with E-state index in [2.05, 4.69) is 35.8 Å². The zero-order valence-electron chi connectivity index (χ0n) is 12.2. The van der Waals surface area contributed by atoms with Crippen LogP contribution in [0.1, 0.15) is 39.4 Å². The largest absolute Gasteiger partial charge is 0.320 e. The summed E-state index contributed by atoms with van der Waals surface area (Å²) < 4.78 is 14.9. The third-order valence-corrected chi connectivity index (χ3v) is 4.52. The lowest BCUT2D eigenvalue weighted by Crippen LogP contribution is -2.17. The molecular formula is C17H19BrFN. The second-order valence-electron chi connectivity index (χ2n) is 5.32. The smallest absolute Gasteiger partial charge is 0.128 e. The van der Waals surface area contributed by atoms with E-state index in [0.29, 0.717) is 5.56 Å². The zero-order chi connectivity index (χ0) is 15.0. The molecule has 20 heavy (non-hydrogen) atoms. The number of rotatable bonds is 2. The molecule has 0 aliphatic heterocycles. The van der Waals surface area contributed by atoms with Gasteiger partial charge in [0.2, 0.25) is 0 Å². The summed E-state index contributed by atoms with van der Waals surface area (Å²) in [4.78, 5) is 0. The number of hydrogen-bond acceptors (Lipinski definition) is 1. The van der Waals surface area contributed by atoms with Crippen LogP contribution in [0.3, 0.4) is 0 Å². The van der Waals surface area contributed by atoms with Gasteiger partial charge < -0.3 is 5.73 Å². The maximum absolute atomic E-state index is 14.1. The number of hydrogen-bond donors (Lipinski definition) is 1. The van der Waals surface area contributed by atoms with E-state index >= 15 is 0 Å². The fourth-order valence-corrected chi connectivity index (χ4v) is 3.00. The fraction of sp³-hybridized carbons (Fsp3) is 0.294. The maximum Gasteiger partial charge on any atom is 0.128 e. The van der Waals surface area contributed by atoms with E-state index in [1.54, 1.807) is 12.1 Å². The van der Waals surface area contributed by atoms with Crippen molar-refractivity contribution in [2.24, 2.45) is 5.73 Å². The topological polar surface area (TPSA) is 26.0 Å². The lowest BCUT2D eigenvalue weighted by atomic mass is 9.87. The van der Waals surface area contributed by atoms with Gasteiger partial charge in [0.15, 0.2) is 0 Å². The minimum absolute atomic E-state index is 0.265. The number of aryl methyl sites for hydroxylation is 2. The molecule has 0 amide bonds. The molecule has 0 aliphatic carbocycles. The highest BCUT2D eigenvalue weighted by Gasteiger charge is 2.20. The number of nitrogens with two attached hydrogens (primary N) is 1. The van der Waals surface area contributed by atoms with Gasteiger partial charge in [-0.1, -0.05) is 22.0 Å². The summed E-state index contributed by atoms with van der Waals surface area (Å²) in [5.74, 6) is -0.265. The predicted molar refractivity (Wildman–Crippen MR) is 85.5 cm³/mol. The van der Waals surface area contributed by atoms with Crippen molar-refractivity contribution in [3.05, 3.63) is 67.9 Å². The third kappa shape index (κ3) is 2.65. The molecule has 1 nitrogen and oxygen atoms in total. The maximum atomic E-state index is 14.1. The van der Waals surface area contributed by atoms with Gasteiger partial charge in [0.05, 0.1) is 6.04 Å². The molecule has 3 heteroatoms. The Kier molecular flexibility index (Phi) is 4.31. The van der Waals surface area contributed by atoms with Gasteiger partial charge >= 0.3 is 0 Å². The molecule has 2 N–H and O–H groups in total. The highest BCUT2D eigenvalue weighted by Crippen LogP contribution is 2.32. The van der Waals surface area contributed by atoms with E-state index in [4.69, 9.17) is 5.73 Å². The zero-order valence-corrected chi connectivity index (χ0v) is 13.8. The Morgan fingerprint density at radius 1 is 1.00 bits per heavy atom. The molecule has 0 heterocycles. The van der Waals surface area contributed by atoms with Crippen LogP contribution in [0.25, 0.3) is 0 Å². The molecular weight excluding hydrogens is 317 g/mol. The lowest BCUT2D eigenvalue weighted by molar-refractivity contribution is 0.598. The van der Waals surface area contributed by atoms with Crippen molar-refractivity contribution < 1.29 is 4.39 Å². The third-order valence-electron chi connectivity index (χ3n) is 4.03. The monoisotopic (exact) mass is 335 g/mol. The summed E-state index contributed by atoms with van der Waals surface area (Å²) in [5.41, 5.74) is 12.6. The van der Waals surface area contributed by atoms with Gasteiger partial charge in [-0.3, -0.25) is 0 Å². The molecule has 1 unspecified atom stereocenters. The molecule has 0 spiro atoms. The van der Waals surface area contributed by atoms with E-state index < -0.39 is 6.04 Å². The SMILES string of the molecule is Cc1cc(C)c(C)c(C(N)c2cc(Br)ccc2F)c1C. The first kappa shape index (κ1) is 15.2. The van der Waals surface area contributed by atoms with Crippen molar-refractivity contribution >= 4 is 15.9 Å². The van der Waals surface area contributed by atoms with Crippen LogP contribution >= 0.6 is 15.9 Å². The van der Waals surface area contributed by atoms with Crippen LogP contribution < -0.4 is 5.73 Å². The van der Waals surface area contributed by atoms with E-state index in [-0.39, 0.29) is 5.82 Å². The molecule has 0 aromatic heterocycles. The van der Waals surface area contributed by atoms with E-state index in [1.807, 2.05) is 13.8 Å². The molecule has 1 atom stereocenters. The molecule has 0 fully saturated rings. The molecule has 2 aromatic rings. The molecule has 0 bridgehead atoms. The summed E-state index contributed by atoms with van der Waals surface area (Å²) >= 11 is 3.38. The van der Waals surface area contributed by atoms with Crippen LogP contribution in [0.4, 0.5) is 4.39 Å². The molecule has 2 aromatic carbocycles. The van der Waals surface area contributed by atoms with Gasteiger partial charge in [0.1, 0.15) is 5.82 Å². The Hall–Kier alpha value is -1.19. The van der Waals surface area contributed by atoms with Crippen LogP contribution in [0.5, 0.6) is 0 Å². The van der Waals surface area contributed by atoms with Gasteiger partial charge in [0, 0.05) is 10.0 Å². The standard InChI is InChI=1S/C17H19BrFN/c1-9-7-10(2)12(4)16(11(9)3)17(20)14-8-13(18)5-6-15(14)19/h5-8,17H,20H2,1-4H3. The summed E-state index contributed by atoms with van der Waals surface area (Å²) in [5, 5.41) is 0. The summed E-state index contributed by atoms with van der Waals surface area (Å²) in [6.45, 7) is 8.23. The highest BCUT2D eigenvalue weighted by molar-refractivity contribution is 9.10. The van der Waals surface area contributed by atoms with E-state index in [0.717, 1.165) is 21.2 Å². The normalized spacial score (nSPS) is 12.6. The summed E-state index contributed by atoms with van der Waals surface area (Å²) in [6.07, 6.45) is 0. The van der Waals surface area contributed by atoms with Gasteiger partial charge in [-0.2, -0.15) is 0 Å². The Morgan fingerprint density at radius 2 is 1.55 bits per heavy atom. The van der Waals surface area contributed by atoms with Crippen LogP contribution in [0.15, 0.2) is 28.7 Å². The summed E-state index contributed by atoms with van der Waals surface area (Å²) in [6, 6.07) is 6.60. The van der Waals surface area contributed by atoms with E-state index in [1.165, 1.54) is 17.2 Å². The van der Waals surface area contributed by atoms with Gasteiger partial charge in [0.25, 0.3) is 0 Å². The van der Waals surface area contributed by atoms with Gasteiger partial charge in [-0.05, 0) is 73.7 Å². The average Bonchev–Trinajstić information content (AvgIpc) is 2.39. The lowest BCUT2D eigenvalue weighted by Gasteiger charge is -2.22. The number of benzene rings is 2. The van der Waals surface area contributed by atoms with Crippen LogP contribution in [-0.2, 0) is 0 Å². The molecule has 0 radical (unpaired) electrons. The van der Waals surface area contributed by atoms with E-state index in [9.17, 15) is 4.39 Å². The van der Waals surface area contributed by atoms with Crippen LogP contribution in [0, 0.1) is 33.5 Å². The molecule has 106 valence electrons. The minimum atomic E-state index is -0.453. The highest BCUT2D eigenvalue weighted by atomic mass is 79.9. The quantitative estimate of drug-likeness (QED) is 0.832. The molecule has 2 rings (SSSR count). The predicted octanol–water partition coefficient (Wildman–Crippen LogP) is 4.87. The van der Waals surface area contributed by atoms with Crippen molar-refractivity contribution in [1.29, 1.82) is 0 Å². The van der Waals surface area contributed by atoms with Crippen molar-refractivity contribution in [3.8, 4) is 0 Å². The first-order chi connectivity index (χ1) is 9.32. The fourth-order valence-electron chi connectivity index (χ4n) is 2.62. The molecule has 0 saturated heterocycles. The Morgan fingerprint density at radius 3 is 2.10 bits per heavy atom. The second kappa shape index (κ2) is 5.66. The minimum Gasteiger partial charge on any atom is -0.320 e. The second-order valence-corrected chi connectivity index (χ2v) is 6.23. The Balaban J connectivity index is 2.65. The Bertz CT molecular complexity index is 638. The van der Waals surface area contributed by atoms with Crippen LogP contribution in [0.2, 0.25) is 0 Å². The molecule has 0 aliphatic rings. The summed E-state index contributed by atoms with van der Waals surface area (Å²) in [7, 11) is 0. The Labute approximate surface area is 128 Å². The van der Waals surface area contributed by atoms with Gasteiger partial charge in [-0.15, -0.1) is 0 Å². The van der Waals surface area contributed by atoms with Crippen molar-refractivity contribution in [3.63, 3.8) is 0 Å². The first-order valence-electron chi connectivity index (χ1n) is 6.60. The van der Waals surface area contributed by atoms with Crippen LogP contribution in [-0.4, -0.2) is 0 Å². The average molecular weight is 336 g/mol. The van der Waals surface area contributed by atoms with Crippen molar-refractivity contribution in [2.75, 3.05) is 0 Å².